The number of aromatic nitrogens is 5. The van der Waals surface area contributed by atoms with Crippen molar-refractivity contribution in [1.82, 2.24) is 29.9 Å². The lowest BCUT2D eigenvalue weighted by Crippen LogP contribution is -2.26. The Morgan fingerprint density at radius 3 is 2.62 bits per heavy atom. The zero-order valence-corrected chi connectivity index (χ0v) is 21.1. The summed E-state index contributed by atoms with van der Waals surface area (Å²) in [5, 5.41) is 16.9. The topological polar surface area (TPSA) is 86.9 Å². The van der Waals surface area contributed by atoms with Crippen molar-refractivity contribution in [2.24, 2.45) is 0 Å². The van der Waals surface area contributed by atoms with E-state index in [1.165, 1.54) is 5.56 Å². The maximum Gasteiger partial charge on any atom is 0.253 e. The number of hydrogen-bond donors (Lipinski definition) is 1. The van der Waals surface area contributed by atoms with Crippen molar-refractivity contribution in [1.29, 1.82) is 0 Å². The molecule has 9 heteroatoms. The van der Waals surface area contributed by atoms with Gasteiger partial charge in [-0.15, -0.1) is 10.2 Å². The summed E-state index contributed by atoms with van der Waals surface area (Å²) in [7, 11) is 1.64. The van der Waals surface area contributed by atoms with E-state index < -0.39 is 0 Å². The molecule has 2 heterocycles. The van der Waals surface area contributed by atoms with Gasteiger partial charge in [0.1, 0.15) is 5.75 Å². The van der Waals surface area contributed by atoms with Gasteiger partial charge in [-0.3, -0.25) is 9.36 Å². The van der Waals surface area contributed by atoms with Gasteiger partial charge in [0, 0.05) is 24.2 Å². The first kappa shape index (κ1) is 24.3. The van der Waals surface area contributed by atoms with Crippen LogP contribution in [-0.4, -0.2) is 43.3 Å². The summed E-state index contributed by atoms with van der Waals surface area (Å²) < 4.78 is 9.08. The Morgan fingerprint density at radius 1 is 0.973 bits per heavy atom. The molecule has 0 aliphatic heterocycles. The number of para-hydroxylation sites is 1. The van der Waals surface area contributed by atoms with Gasteiger partial charge < -0.3 is 10.1 Å². The first-order chi connectivity index (χ1) is 18.2. The number of rotatable bonds is 10. The summed E-state index contributed by atoms with van der Waals surface area (Å²) in [5.41, 5.74) is 3.37. The number of nitrogens with zero attached hydrogens (tertiary/aromatic N) is 5. The fourth-order valence-corrected chi connectivity index (χ4v) is 4.91. The van der Waals surface area contributed by atoms with Gasteiger partial charge in [0.05, 0.1) is 30.6 Å². The molecule has 1 N–H and O–H groups in total. The molecule has 1 amide bonds. The lowest BCUT2D eigenvalue weighted by Gasteiger charge is -2.13. The van der Waals surface area contributed by atoms with Crippen LogP contribution in [0.25, 0.3) is 11.4 Å². The number of carbonyl (C=O) groups is 1. The smallest absolute Gasteiger partial charge is 0.253 e. The molecule has 5 aromatic rings. The Morgan fingerprint density at radius 2 is 1.81 bits per heavy atom. The van der Waals surface area contributed by atoms with Crippen LogP contribution in [0.15, 0.2) is 102 Å². The standard InChI is InChI=1S/C28H26N6O2S/c1-36-23-12-7-11-22(19-23)34-26(31-32-28(34)37-18-15-21-9-3-2-4-10-21)20-29-27(35)24-13-5-6-14-25(24)33-17-8-16-30-33/h2-14,16-17,19H,15,18,20H2,1H3,(H,29,35). The van der Waals surface area contributed by atoms with Crippen LogP contribution >= 0.6 is 11.8 Å². The largest absolute Gasteiger partial charge is 0.497 e. The van der Waals surface area contributed by atoms with Crippen LogP contribution in [0.1, 0.15) is 21.7 Å². The van der Waals surface area contributed by atoms with Crippen molar-refractivity contribution in [3.05, 3.63) is 114 Å². The number of ether oxygens (including phenoxy) is 1. The summed E-state index contributed by atoms with van der Waals surface area (Å²) >= 11 is 1.63. The van der Waals surface area contributed by atoms with Gasteiger partial charge in [-0.05, 0) is 42.3 Å². The van der Waals surface area contributed by atoms with Gasteiger partial charge in [0.2, 0.25) is 0 Å². The number of benzene rings is 3. The Hall–Kier alpha value is -4.37. The Kier molecular flexibility index (Phi) is 7.61. The van der Waals surface area contributed by atoms with Crippen LogP contribution in [0.5, 0.6) is 5.75 Å². The molecule has 0 aliphatic rings. The minimum atomic E-state index is -0.218. The molecule has 0 fully saturated rings. The van der Waals surface area contributed by atoms with Gasteiger partial charge >= 0.3 is 0 Å². The van der Waals surface area contributed by atoms with Crippen molar-refractivity contribution >= 4 is 17.7 Å². The minimum absolute atomic E-state index is 0.204. The third kappa shape index (κ3) is 5.73. The van der Waals surface area contributed by atoms with Crippen molar-refractivity contribution in [2.45, 2.75) is 18.1 Å². The second kappa shape index (κ2) is 11.6. The maximum atomic E-state index is 13.2. The van der Waals surface area contributed by atoms with Crippen LogP contribution in [0.3, 0.4) is 0 Å². The number of carbonyl (C=O) groups excluding carboxylic acids is 1. The summed E-state index contributed by atoms with van der Waals surface area (Å²) in [5.74, 6) is 1.98. The Bertz CT molecular complexity index is 1470. The number of aryl methyl sites for hydroxylation is 1. The predicted octanol–water partition coefficient (Wildman–Crippen LogP) is 4.73. The van der Waals surface area contributed by atoms with E-state index in [4.69, 9.17) is 4.74 Å². The molecule has 2 aromatic heterocycles. The lowest BCUT2D eigenvalue weighted by atomic mass is 10.1. The Balaban J connectivity index is 1.37. The summed E-state index contributed by atoms with van der Waals surface area (Å²) in [4.78, 5) is 13.2. The molecule has 186 valence electrons. The number of hydrogen-bond acceptors (Lipinski definition) is 6. The molecular weight excluding hydrogens is 484 g/mol. The van der Waals surface area contributed by atoms with E-state index in [1.54, 1.807) is 35.8 Å². The average molecular weight is 511 g/mol. The molecule has 0 saturated carbocycles. The zero-order chi connectivity index (χ0) is 25.5. The first-order valence-electron chi connectivity index (χ1n) is 11.9. The number of nitrogens with one attached hydrogen (secondary N) is 1. The molecule has 0 atom stereocenters. The van der Waals surface area contributed by atoms with Crippen LogP contribution in [-0.2, 0) is 13.0 Å². The number of thioether (sulfide) groups is 1. The van der Waals surface area contributed by atoms with E-state index in [0.717, 1.165) is 28.8 Å². The predicted molar refractivity (Wildman–Crippen MR) is 144 cm³/mol. The van der Waals surface area contributed by atoms with Crippen molar-refractivity contribution in [2.75, 3.05) is 12.9 Å². The molecule has 37 heavy (non-hydrogen) atoms. The second-order valence-electron chi connectivity index (χ2n) is 8.17. The van der Waals surface area contributed by atoms with Crippen molar-refractivity contribution in [3.63, 3.8) is 0 Å². The highest BCUT2D eigenvalue weighted by Crippen LogP contribution is 2.25. The third-order valence-electron chi connectivity index (χ3n) is 5.78. The van der Waals surface area contributed by atoms with Gasteiger partial charge in [0.25, 0.3) is 5.91 Å². The lowest BCUT2D eigenvalue weighted by molar-refractivity contribution is 0.0949. The summed E-state index contributed by atoms with van der Waals surface area (Å²) in [6, 6.07) is 27.3. The van der Waals surface area contributed by atoms with Gasteiger partial charge in [-0.1, -0.05) is 60.3 Å². The van der Waals surface area contributed by atoms with Crippen LogP contribution < -0.4 is 10.1 Å². The molecule has 0 radical (unpaired) electrons. The number of methoxy groups -OCH3 is 1. The van der Waals surface area contributed by atoms with Crippen LogP contribution in [0.4, 0.5) is 0 Å². The van der Waals surface area contributed by atoms with Gasteiger partial charge in [-0.2, -0.15) is 5.10 Å². The van der Waals surface area contributed by atoms with E-state index in [0.29, 0.717) is 17.1 Å². The third-order valence-corrected chi connectivity index (χ3v) is 6.71. The number of amides is 1. The summed E-state index contributed by atoms with van der Waals surface area (Å²) in [6.45, 7) is 0.204. The van der Waals surface area contributed by atoms with Crippen LogP contribution in [0, 0.1) is 0 Å². The quantitative estimate of drug-likeness (QED) is 0.274. The second-order valence-corrected chi connectivity index (χ2v) is 9.23. The van der Waals surface area contributed by atoms with Crippen molar-refractivity contribution in [3.8, 4) is 17.1 Å². The van der Waals surface area contributed by atoms with Crippen LogP contribution in [0.2, 0.25) is 0 Å². The van der Waals surface area contributed by atoms with E-state index in [1.807, 2.05) is 77.5 Å². The molecule has 0 aliphatic carbocycles. The fourth-order valence-electron chi connectivity index (χ4n) is 3.95. The molecular formula is C28H26N6O2S. The molecule has 0 saturated heterocycles. The van der Waals surface area contributed by atoms with E-state index in [9.17, 15) is 4.79 Å². The highest BCUT2D eigenvalue weighted by Gasteiger charge is 2.18. The van der Waals surface area contributed by atoms with Gasteiger partial charge in [-0.25, -0.2) is 4.68 Å². The Labute approximate surface area is 219 Å². The monoisotopic (exact) mass is 510 g/mol. The highest BCUT2D eigenvalue weighted by molar-refractivity contribution is 7.99. The highest BCUT2D eigenvalue weighted by atomic mass is 32.2. The maximum absolute atomic E-state index is 13.2. The van der Waals surface area contributed by atoms with Gasteiger partial charge in [0.15, 0.2) is 11.0 Å². The molecule has 0 spiro atoms. The van der Waals surface area contributed by atoms with E-state index in [2.05, 4.69) is 32.7 Å². The average Bonchev–Trinajstić information content (AvgIpc) is 3.63. The zero-order valence-electron chi connectivity index (χ0n) is 20.3. The fraction of sp³-hybridized carbons (Fsp3) is 0.143. The molecule has 8 nitrogen and oxygen atoms in total. The SMILES string of the molecule is COc1cccc(-n2c(CNC(=O)c3ccccc3-n3cccn3)nnc2SCCc2ccccc2)c1. The van der Waals surface area contributed by atoms with E-state index in [-0.39, 0.29) is 12.5 Å². The summed E-state index contributed by atoms with van der Waals surface area (Å²) in [6.07, 6.45) is 4.40. The normalized spacial score (nSPS) is 10.8. The van der Waals surface area contributed by atoms with E-state index >= 15 is 0 Å². The molecule has 0 unspecified atom stereocenters. The minimum Gasteiger partial charge on any atom is -0.497 e. The first-order valence-corrected chi connectivity index (χ1v) is 12.8. The molecule has 3 aromatic carbocycles. The molecule has 0 bridgehead atoms. The van der Waals surface area contributed by atoms with Crippen molar-refractivity contribution < 1.29 is 9.53 Å². The molecule has 5 rings (SSSR count).